The Labute approximate surface area is 155 Å². The molecule has 2 N–H and O–H groups in total. The minimum Gasteiger partial charge on any atom is -0.496 e. The molecule has 1 saturated heterocycles. The van der Waals surface area contributed by atoms with Crippen molar-refractivity contribution in [3.05, 3.63) is 29.8 Å². The highest BCUT2D eigenvalue weighted by Gasteiger charge is 2.25. The smallest absolute Gasteiger partial charge is 0.234 e. The van der Waals surface area contributed by atoms with Crippen molar-refractivity contribution in [3.63, 3.8) is 0 Å². The molecular formula is C20H29N3O3. The number of para-hydroxylation sites is 1. The lowest BCUT2D eigenvalue weighted by Crippen LogP contribution is -2.48. The molecule has 2 amide bonds. The van der Waals surface area contributed by atoms with Gasteiger partial charge < -0.3 is 20.3 Å². The van der Waals surface area contributed by atoms with Crippen LogP contribution in [0.25, 0.3) is 0 Å². The van der Waals surface area contributed by atoms with E-state index in [0.29, 0.717) is 26.1 Å². The second-order valence-corrected chi connectivity index (χ2v) is 7.29. The van der Waals surface area contributed by atoms with Gasteiger partial charge in [-0.3, -0.25) is 9.59 Å². The van der Waals surface area contributed by atoms with E-state index in [9.17, 15) is 9.59 Å². The first-order valence-electron chi connectivity index (χ1n) is 9.55. The summed E-state index contributed by atoms with van der Waals surface area (Å²) in [6.45, 7) is 2.72. The van der Waals surface area contributed by atoms with Crippen LogP contribution in [0.3, 0.4) is 0 Å². The topological polar surface area (TPSA) is 70.7 Å². The van der Waals surface area contributed by atoms with Gasteiger partial charge in [0.2, 0.25) is 11.8 Å². The van der Waals surface area contributed by atoms with Gasteiger partial charge in [-0.1, -0.05) is 18.2 Å². The minimum atomic E-state index is 0.0597. The molecule has 1 aliphatic carbocycles. The van der Waals surface area contributed by atoms with E-state index in [-0.39, 0.29) is 17.9 Å². The number of methoxy groups -OCH3 is 1. The summed E-state index contributed by atoms with van der Waals surface area (Å²) in [5.41, 5.74) is 0.914. The molecule has 0 radical (unpaired) electrons. The fourth-order valence-corrected chi connectivity index (χ4v) is 3.39. The largest absolute Gasteiger partial charge is 0.496 e. The lowest BCUT2D eigenvalue weighted by molar-refractivity contribution is -0.131. The summed E-state index contributed by atoms with van der Waals surface area (Å²) in [4.78, 5) is 26.4. The number of rotatable bonds is 8. The fraction of sp³-hybridized carbons (Fsp3) is 0.600. The van der Waals surface area contributed by atoms with Crippen LogP contribution < -0.4 is 15.4 Å². The van der Waals surface area contributed by atoms with E-state index in [0.717, 1.165) is 36.6 Å². The lowest BCUT2D eigenvalue weighted by atomic mass is 10.0. The van der Waals surface area contributed by atoms with E-state index in [1.165, 1.54) is 12.8 Å². The Bertz CT molecular complexity index is 622. The molecule has 2 fully saturated rings. The summed E-state index contributed by atoms with van der Waals surface area (Å²) in [6.07, 6.45) is 4.55. The summed E-state index contributed by atoms with van der Waals surface area (Å²) in [5, 5.41) is 6.29. The van der Waals surface area contributed by atoms with Gasteiger partial charge >= 0.3 is 0 Å². The first-order chi connectivity index (χ1) is 12.7. The second kappa shape index (κ2) is 9.03. The SMILES string of the molecule is COc1ccccc1CC(=O)N1CCC(NC(=O)CNCC2CC2)CC1. The highest BCUT2D eigenvalue weighted by atomic mass is 16.5. The predicted molar refractivity (Wildman–Crippen MR) is 100 cm³/mol. The van der Waals surface area contributed by atoms with Gasteiger partial charge in [-0.15, -0.1) is 0 Å². The summed E-state index contributed by atoms with van der Waals surface area (Å²) in [6, 6.07) is 7.80. The Balaban J connectivity index is 1.38. The molecule has 1 saturated carbocycles. The molecule has 1 aliphatic heterocycles. The number of carbonyl (C=O) groups is 2. The standard InChI is InChI=1S/C20H29N3O3/c1-26-18-5-3-2-4-16(18)12-20(25)23-10-8-17(9-11-23)22-19(24)14-21-13-15-6-7-15/h2-5,15,17,21H,6-14H2,1H3,(H,22,24). The number of benzene rings is 1. The molecule has 0 spiro atoms. The van der Waals surface area contributed by atoms with Gasteiger partial charge in [-0.25, -0.2) is 0 Å². The molecule has 26 heavy (non-hydrogen) atoms. The van der Waals surface area contributed by atoms with Gasteiger partial charge in [0.15, 0.2) is 0 Å². The Morgan fingerprint density at radius 2 is 1.88 bits per heavy atom. The molecule has 6 nitrogen and oxygen atoms in total. The molecule has 0 aromatic heterocycles. The molecular weight excluding hydrogens is 330 g/mol. The molecule has 0 bridgehead atoms. The third kappa shape index (κ3) is 5.46. The zero-order valence-electron chi connectivity index (χ0n) is 15.5. The van der Waals surface area contributed by atoms with E-state index in [1.807, 2.05) is 29.2 Å². The van der Waals surface area contributed by atoms with Gasteiger partial charge in [-0.2, -0.15) is 0 Å². The number of nitrogens with zero attached hydrogens (tertiary/aromatic N) is 1. The number of piperidine rings is 1. The molecule has 1 aromatic carbocycles. The maximum atomic E-state index is 12.5. The average molecular weight is 359 g/mol. The second-order valence-electron chi connectivity index (χ2n) is 7.29. The number of hydrogen-bond donors (Lipinski definition) is 2. The lowest BCUT2D eigenvalue weighted by Gasteiger charge is -2.32. The summed E-state index contributed by atoms with van der Waals surface area (Å²) in [5.74, 6) is 1.71. The van der Waals surface area contributed by atoms with Gasteiger partial charge in [-0.05, 0) is 44.2 Å². The summed E-state index contributed by atoms with van der Waals surface area (Å²) < 4.78 is 5.32. The van der Waals surface area contributed by atoms with Crippen LogP contribution in [0, 0.1) is 5.92 Å². The Morgan fingerprint density at radius 1 is 1.15 bits per heavy atom. The monoisotopic (exact) mass is 359 g/mol. The van der Waals surface area contributed by atoms with Crippen molar-refractivity contribution in [2.45, 2.75) is 38.1 Å². The van der Waals surface area contributed by atoms with E-state index < -0.39 is 0 Å². The van der Waals surface area contributed by atoms with Crippen LogP contribution in [0.5, 0.6) is 5.75 Å². The highest BCUT2D eigenvalue weighted by molar-refractivity contribution is 5.80. The molecule has 142 valence electrons. The minimum absolute atomic E-state index is 0.0597. The molecule has 3 rings (SSSR count). The predicted octanol–water partition coefficient (Wildman–Crippen LogP) is 1.34. The van der Waals surface area contributed by atoms with Gasteiger partial charge in [0.05, 0.1) is 20.1 Å². The number of hydrogen-bond acceptors (Lipinski definition) is 4. The Hall–Kier alpha value is -2.08. The molecule has 6 heteroatoms. The molecule has 0 unspecified atom stereocenters. The van der Waals surface area contributed by atoms with Crippen LogP contribution in [0.15, 0.2) is 24.3 Å². The van der Waals surface area contributed by atoms with Crippen LogP contribution in [0.2, 0.25) is 0 Å². The van der Waals surface area contributed by atoms with Crippen molar-refractivity contribution in [2.75, 3.05) is 33.3 Å². The van der Waals surface area contributed by atoms with Crippen molar-refractivity contribution in [1.82, 2.24) is 15.5 Å². The first-order valence-corrected chi connectivity index (χ1v) is 9.55. The van der Waals surface area contributed by atoms with Crippen LogP contribution in [0.1, 0.15) is 31.2 Å². The van der Waals surface area contributed by atoms with Crippen LogP contribution in [-0.2, 0) is 16.0 Å². The zero-order chi connectivity index (χ0) is 18.4. The van der Waals surface area contributed by atoms with Gasteiger partial charge in [0, 0.05) is 24.7 Å². The van der Waals surface area contributed by atoms with Crippen molar-refractivity contribution in [2.24, 2.45) is 5.92 Å². The van der Waals surface area contributed by atoms with Crippen LogP contribution in [-0.4, -0.2) is 56.0 Å². The van der Waals surface area contributed by atoms with Crippen molar-refractivity contribution in [1.29, 1.82) is 0 Å². The summed E-state index contributed by atoms with van der Waals surface area (Å²) in [7, 11) is 1.62. The maximum Gasteiger partial charge on any atom is 0.234 e. The molecule has 0 atom stereocenters. The normalized spacial score (nSPS) is 17.8. The van der Waals surface area contributed by atoms with Crippen LogP contribution >= 0.6 is 0 Å². The van der Waals surface area contributed by atoms with E-state index in [1.54, 1.807) is 7.11 Å². The fourth-order valence-electron chi connectivity index (χ4n) is 3.39. The number of carbonyl (C=O) groups excluding carboxylic acids is 2. The third-order valence-corrected chi connectivity index (χ3v) is 5.16. The Morgan fingerprint density at radius 3 is 2.58 bits per heavy atom. The highest BCUT2D eigenvalue weighted by Crippen LogP contribution is 2.27. The molecule has 2 aliphatic rings. The maximum absolute atomic E-state index is 12.5. The number of amides is 2. The van der Waals surface area contributed by atoms with Crippen molar-refractivity contribution >= 4 is 11.8 Å². The van der Waals surface area contributed by atoms with Gasteiger partial charge in [0.1, 0.15) is 5.75 Å². The number of likely N-dealkylation sites (tertiary alicyclic amines) is 1. The van der Waals surface area contributed by atoms with Crippen molar-refractivity contribution in [3.8, 4) is 5.75 Å². The molecule has 1 aromatic rings. The Kier molecular flexibility index (Phi) is 6.50. The zero-order valence-corrected chi connectivity index (χ0v) is 15.5. The van der Waals surface area contributed by atoms with Crippen molar-refractivity contribution < 1.29 is 14.3 Å². The van der Waals surface area contributed by atoms with E-state index in [2.05, 4.69) is 10.6 Å². The quantitative estimate of drug-likeness (QED) is 0.735. The summed E-state index contributed by atoms with van der Waals surface area (Å²) >= 11 is 0. The number of nitrogens with one attached hydrogen (secondary N) is 2. The average Bonchev–Trinajstić information content (AvgIpc) is 3.47. The number of ether oxygens (including phenoxy) is 1. The first kappa shape index (κ1) is 18.7. The van der Waals surface area contributed by atoms with Crippen LogP contribution in [0.4, 0.5) is 0 Å². The molecule has 1 heterocycles. The van der Waals surface area contributed by atoms with E-state index in [4.69, 9.17) is 4.74 Å². The van der Waals surface area contributed by atoms with E-state index >= 15 is 0 Å². The van der Waals surface area contributed by atoms with Gasteiger partial charge in [0.25, 0.3) is 0 Å². The third-order valence-electron chi connectivity index (χ3n) is 5.16.